The molecule has 1 amide bonds. The number of carbonyl (C=O) groups is 2. The lowest BCUT2D eigenvalue weighted by atomic mass is 9.95. The summed E-state index contributed by atoms with van der Waals surface area (Å²) in [5, 5.41) is 11.4. The van der Waals surface area contributed by atoms with Gasteiger partial charge in [-0.2, -0.15) is 0 Å². The first-order chi connectivity index (χ1) is 20.0. The van der Waals surface area contributed by atoms with Crippen LogP contribution in [0.15, 0.2) is 78.4 Å². The van der Waals surface area contributed by atoms with Gasteiger partial charge in [0.1, 0.15) is 18.1 Å². The lowest BCUT2D eigenvalue weighted by Gasteiger charge is -2.31. The molecule has 1 N–H and O–H groups in total. The minimum atomic E-state index is -0.810. The van der Waals surface area contributed by atoms with Crippen molar-refractivity contribution in [2.45, 2.75) is 12.6 Å². The van der Waals surface area contributed by atoms with Crippen molar-refractivity contribution >= 4 is 17.4 Å². The highest BCUT2D eigenvalue weighted by Gasteiger charge is 2.46. The number of aliphatic hydroxyl groups excluding tert-OH is 1. The Hall–Kier alpha value is -4.34. The molecule has 2 fully saturated rings. The Bertz CT molecular complexity index is 1400. The largest absolute Gasteiger partial charge is 0.507 e. The number of amides is 1. The second-order valence-corrected chi connectivity index (χ2v) is 9.86. The van der Waals surface area contributed by atoms with E-state index in [9.17, 15) is 14.7 Å². The molecule has 2 saturated heterocycles. The van der Waals surface area contributed by atoms with Gasteiger partial charge in [-0.15, -0.1) is 0 Å². The highest BCUT2D eigenvalue weighted by Crippen LogP contribution is 2.42. The van der Waals surface area contributed by atoms with Crippen LogP contribution in [0.4, 0.5) is 0 Å². The molecular weight excluding hydrogens is 524 g/mol. The molecule has 0 bridgehead atoms. The van der Waals surface area contributed by atoms with Gasteiger partial charge in [0.25, 0.3) is 11.7 Å². The van der Waals surface area contributed by atoms with Gasteiger partial charge in [0, 0.05) is 31.7 Å². The molecule has 0 saturated carbocycles. The van der Waals surface area contributed by atoms with E-state index >= 15 is 0 Å². The van der Waals surface area contributed by atoms with E-state index < -0.39 is 17.7 Å². The van der Waals surface area contributed by atoms with Gasteiger partial charge in [0.15, 0.2) is 11.5 Å². The number of hydrogen-bond acceptors (Lipinski definition) is 8. The van der Waals surface area contributed by atoms with Crippen LogP contribution in [0.3, 0.4) is 0 Å². The highest BCUT2D eigenvalue weighted by molar-refractivity contribution is 6.46. The predicted octanol–water partition coefficient (Wildman–Crippen LogP) is 4.04. The first-order valence-electron chi connectivity index (χ1n) is 13.6. The van der Waals surface area contributed by atoms with Crippen LogP contribution in [0.1, 0.15) is 22.7 Å². The molecule has 214 valence electrons. The summed E-state index contributed by atoms with van der Waals surface area (Å²) >= 11 is 0. The molecule has 1 unspecified atom stereocenters. The van der Waals surface area contributed by atoms with Crippen molar-refractivity contribution in [3.63, 3.8) is 0 Å². The average molecular weight is 559 g/mol. The van der Waals surface area contributed by atoms with Gasteiger partial charge in [-0.1, -0.05) is 36.4 Å². The quantitative estimate of drug-likeness (QED) is 0.226. The van der Waals surface area contributed by atoms with Crippen LogP contribution in [0.25, 0.3) is 5.76 Å². The number of carbonyl (C=O) groups excluding carboxylic acids is 2. The van der Waals surface area contributed by atoms with Crippen LogP contribution in [-0.2, 0) is 20.9 Å². The Morgan fingerprint density at radius 1 is 0.902 bits per heavy atom. The number of Topliss-reactive ketones (excluding diaryl/α,β-unsaturated/α-hetero) is 1. The van der Waals surface area contributed by atoms with E-state index in [2.05, 4.69) is 4.90 Å². The van der Waals surface area contributed by atoms with E-state index in [-0.39, 0.29) is 11.3 Å². The minimum absolute atomic E-state index is 0.0298. The number of aliphatic hydroxyl groups is 1. The Morgan fingerprint density at radius 2 is 1.63 bits per heavy atom. The van der Waals surface area contributed by atoms with Crippen LogP contribution in [-0.4, -0.2) is 80.2 Å². The lowest BCUT2D eigenvalue weighted by molar-refractivity contribution is -0.140. The SMILES string of the molecule is COc1ccc(C(O)=C2C(=O)C(=O)N(CCN3CCOCC3)C2c2ccc(OCc3ccccc3)c(OC)c2)cc1. The van der Waals surface area contributed by atoms with Crippen molar-refractivity contribution < 1.29 is 33.6 Å². The molecule has 2 aliphatic heterocycles. The minimum Gasteiger partial charge on any atom is -0.507 e. The average Bonchev–Trinajstić information content (AvgIpc) is 3.28. The first-order valence-corrected chi connectivity index (χ1v) is 13.6. The van der Waals surface area contributed by atoms with Gasteiger partial charge in [-0.05, 0) is 47.5 Å². The summed E-state index contributed by atoms with van der Waals surface area (Å²) in [6.45, 7) is 3.99. The molecule has 0 aliphatic carbocycles. The van der Waals surface area contributed by atoms with Gasteiger partial charge in [0.05, 0.1) is 39.0 Å². The summed E-state index contributed by atoms with van der Waals surface area (Å²) in [6.07, 6.45) is 0. The van der Waals surface area contributed by atoms with Crippen LogP contribution in [0.2, 0.25) is 0 Å². The Morgan fingerprint density at radius 3 is 2.32 bits per heavy atom. The van der Waals surface area contributed by atoms with E-state index in [1.807, 2.05) is 36.4 Å². The number of likely N-dealkylation sites (tertiary alicyclic amines) is 1. The van der Waals surface area contributed by atoms with Crippen LogP contribution >= 0.6 is 0 Å². The summed E-state index contributed by atoms with van der Waals surface area (Å²) in [7, 11) is 3.09. The van der Waals surface area contributed by atoms with E-state index in [0.29, 0.717) is 61.3 Å². The lowest BCUT2D eigenvalue weighted by Crippen LogP contribution is -2.42. The van der Waals surface area contributed by atoms with Gasteiger partial charge < -0.3 is 29.0 Å². The molecule has 41 heavy (non-hydrogen) atoms. The van der Waals surface area contributed by atoms with E-state index in [0.717, 1.165) is 18.7 Å². The van der Waals surface area contributed by atoms with Gasteiger partial charge in [-0.25, -0.2) is 0 Å². The summed E-state index contributed by atoms with van der Waals surface area (Å²) in [6, 6.07) is 21.0. The summed E-state index contributed by atoms with van der Waals surface area (Å²) in [4.78, 5) is 30.6. The number of hydrogen-bond donors (Lipinski definition) is 1. The Kier molecular flexibility index (Phi) is 8.86. The zero-order valence-corrected chi connectivity index (χ0v) is 23.2. The summed E-state index contributed by atoms with van der Waals surface area (Å²) in [5.41, 5.74) is 2.08. The number of methoxy groups -OCH3 is 2. The normalized spacial score (nSPS) is 18.9. The molecule has 0 radical (unpaired) electrons. The fourth-order valence-corrected chi connectivity index (χ4v) is 5.14. The van der Waals surface area contributed by atoms with E-state index in [4.69, 9.17) is 18.9 Å². The number of benzene rings is 3. The molecule has 3 aromatic carbocycles. The molecule has 0 spiro atoms. The smallest absolute Gasteiger partial charge is 0.295 e. The number of ketones is 1. The monoisotopic (exact) mass is 558 g/mol. The maximum absolute atomic E-state index is 13.4. The van der Waals surface area contributed by atoms with Crippen molar-refractivity contribution in [2.24, 2.45) is 0 Å². The molecule has 9 heteroatoms. The van der Waals surface area contributed by atoms with Crippen molar-refractivity contribution in [3.05, 3.63) is 95.1 Å². The molecular formula is C32H34N2O7. The zero-order chi connectivity index (χ0) is 28.8. The molecule has 1 atom stereocenters. The van der Waals surface area contributed by atoms with Gasteiger partial charge >= 0.3 is 0 Å². The zero-order valence-electron chi connectivity index (χ0n) is 23.2. The van der Waals surface area contributed by atoms with Gasteiger partial charge in [0.2, 0.25) is 0 Å². The van der Waals surface area contributed by atoms with E-state index in [1.54, 1.807) is 50.6 Å². The van der Waals surface area contributed by atoms with Crippen LogP contribution < -0.4 is 14.2 Å². The topological polar surface area (TPSA) is 97.8 Å². The van der Waals surface area contributed by atoms with Crippen molar-refractivity contribution in [3.8, 4) is 17.2 Å². The standard InChI is InChI=1S/C32H34N2O7/c1-38-25-11-8-23(9-12-25)30(35)28-29(34(32(37)31(28)36)15-14-33-16-18-40-19-17-33)24-10-13-26(27(20-24)39-2)41-21-22-6-4-3-5-7-22/h3-13,20,29,35H,14-19,21H2,1-2H3. The fourth-order valence-electron chi connectivity index (χ4n) is 5.14. The molecule has 2 heterocycles. The number of ether oxygens (including phenoxy) is 4. The number of rotatable bonds is 10. The van der Waals surface area contributed by atoms with Crippen molar-refractivity contribution in [1.29, 1.82) is 0 Å². The number of morpholine rings is 1. The molecule has 2 aliphatic rings. The number of nitrogens with zero attached hydrogens (tertiary/aromatic N) is 2. The molecule has 5 rings (SSSR count). The maximum atomic E-state index is 13.4. The third-order valence-corrected chi connectivity index (χ3v) is 7.40. The second kappa shape index (κ2) is 12.9. The summed E-state index contributed by atoms with van der Waals surface area (Å²) in [5.74, 6) is -0.0225. The Balaban J connectivity index is 1.50. The molecule has 0 aromatic heterocycles. The fraction of sp³-hybridized carbons (Fsp3) is 0.312. The molecule has 3 aromatic rings. The van der Waals surface area contributed by atoms with E-state index in [1.165, 1.54) is 4.90 Å². The predicted molar refractivity (Wildman–Crippen MR) is 153 cm³/mol. The van der Waals surface area contributed by atoms with Crippen LogP contribution in [0.5, 0.6) is 17.2 Å². The molecule has 9 nitrogen and oxygen atoms in total. The van der Waals surface area contributed by atoms with Gasteiger partial charge in [-0.3, -0.25) is 14.5 Å². The van der Waals surface area contributed by atoms with Crippen molar-refractivity contribution in [2.75, 3.05) is 53.6 Å². The van der Waals surface area contributed by atoms with Crippen LogP contribution in [0, 0.1) is 0 Å². The maximum Gasteiger partial charge on any atom is 0.295 e. The highest BCUT2D eigenvalue weighted by atomic mass is 16.5. The summed E-state index contributed by atoms with van der Waals surface area (Å²) < 4.78 is 22.4. The van der Waals surface area contributed by atoms with Crippen molar-refractivity contribution in [1.82, 2.24) is 9.80 Å². The Labute approximate surface area is 239 Å². The first kappa shape index (κ1) is 28.2. The second-order valence-electron chi connectivity index (χ2n) is 9.86. The third kappa shape index (κ3) is 6.21. The third-order valence-electron chi connectivity index (χ3n) is 7.40.